The van der Waals surface area contributed by atoms with Crippen molar-refractivity contribution in [1.82, 2.24) is 0 Å². The van der Waals surface area contributed by atoms with Gasteiger partial charge in [-0.3, -0.25) is 0 Å². The molecule has 0 N–H and O–H groups in total. The fourth-order valence-electron chi connectivity index (χ4n) is 1.42. The van der Waals surface area contributed by atoms with Crippen molar-refractivity contribution >= 4 is 5.57 Å². The molecule has 1 aromatic rings. The van der Waals surface area contributed by atoms with Gasteiger partial charge in [0.05, 0.1) is 6.26 Å². The third-order valence-corrected chi connectivity index (χ3v) is 1.89. The topological polar surface area (TPSA) is 13.1 Å². The van der Waals surface area contributed by atoms with E-state index in [1.165, 1.54) is 12.0 Å². The van der Waals surface area contributed by atoms with Crippen LogP contribution in [0.2, 0.25) is 0 Å². The summed E-state index contributed by atoms with van der Waals surface area (Å²) < 4.78 is 5.38. The molecular formula is C12H18O. The maximum Gasteiger partial charge on any atom is 0.129 e. The minimum absolute atomic E-state index is 0.589. The van der Waals surface area contributed by atoms with Crippen LogP contribution in [0.3, 0.4) is 0 Å². The summed E-state index contributed by atoms with van der Waals surface area (Å²) in [6.07, 6.45) is 6.28. The minimum Gasteiger partial charge on any atom is -0.465 e. The summed E-state index contributed by atoms with van der Waals surface area (Å²) in [5, 5.41) is 0. The van der Waals surface area contributed by atoms with E-state index in [0.29, 0.717) is 5.92 Å². The Morgan fingerprint density at radius 1 is 1.54 bits per heavy atom. The van der Waals surface area contributed by atoms with Crippen molar-refractivity contribution in [2.45, 2.75) is 33.6 Å². The zero-order chi connectivity index (χ0) is 9.68. The van der Waals surface area contributed by atoms with Gasteiger partial charge in [-0.05, 0) is 30.0 Å². The van der Waals surface area contributed by atoms with Gasteiger partial charge in [-0.1, -0.05) is 33.3 Å². The van der Waals surface area contributed by atoms with E-state index in [-0.39, 0.29) is 0 Å². The van der Waals surface area contributed by atoms with Crippen LogP contribution in [0.5, 0.6) is 0 Å². The Morgan fingerprint density at radius 2 is 2.31 bits per heavy atom. The smallest absolute Gasteiger partial charge is 0.129 e. The van der Waals surface area contributed by atoms with Crippen LogP contribution in [0.1, 0.15) is 39.4 Å². The SMILES string of the molecule is CCC/C(=C\C(C)C)c1ccco1. The fourth-order valence-corrected chi connectivity index (χ4v) is 1.42. The van der Waals surface area contributed by atoms with Gasteiger partial charge in [0.1, 0.15) is 5.76 Å². The van der Waals surface area contributed by atoms with Crippen LogP contribution < -0.4 is 0 Å². The summed E-state index contributed by atoms with van der Waals surface area (Å²) in [4.78, 5) is 0. The van der Waals surface area contributed by atoms with Crippen LogP contribution >= 0.6 is 0 Å². The monoisotopic (exact) mass is 178 g/mol. The molecule has 72 valence electrons. The highest BCUT2D eigenvalue weighted by Gasteiger charge is 2.03. The second kappa shape index (κ2) is 4.90. The molecule has 1 nitrogen and oxygen atoms in total. The van der Waals surface area contributed by atoms with Crippen LogP contribution in [0.15, 0.2) is 28.9 Å². The van der Waals surface area contributed by atoms with E-state index in [4.69, 9.17) is 4.42 Å². The Labute approximate surface area is 80.5 Å². The lowest BCUT2D eigenvalue weighted by atomic mass is 10.0. The van der Waals surface area contributed by atoms with Crippen molar-refractivity contribution in [2.24, 2.45) is 5.92 Å². The number of hydrogen-bond acceptors (Lipinski definition) is 1. The number of furan rings is 1. The van der Waals surface area contributed by atoms with E-state index >= 15 is 0 Å². The van der Waals surface area contributed by atoms with Crippen LogP contribution in [0.25, 0.3) is 5.57 Å². The van der Waals surface area contributed by atoms with E-state index in [0.717, 1.165) is 12.2 Å². The molecule has 0 radical (unpaired) electrons. The maximum absolute atomic E-state index is 5.38. The van der Waals surface area contributed by atoms with Crippen molar-refractivity contribution < 1.29 is 4.42 Å². The molecule has 0 aliphatic heterocycles. The van der Waals surface area contributed by atoms with Crippen LogP contribution in [0, 0.1) is 5.92 Å². The Morgan fingerprint density at radius 3 is 2.77 bits per heavy atom. The second-order valence-corrected chi connectivity index (χ2v) is 3.66. The zero-order valence-electron chi connectivity index (χ0n) is 8.71. The molecule has 1 heteroatoms. The van der Waals surface area contributed by atoms with Gasteiger partial charge in [-0.15, -0.1) is 0 Å². The fraction of sp³-hybridized carbons (Fsp3) is 0.500. The van der Waals surface area contributed by atoms with Crippen LogP contribution in [-0.2, 0) is 0 Å². The van der Waals surface area contributed by atoms with Crippen LogP contribution in [0.4, 0.5) is 0 Å². The summed E-state index contributed by atoms with van der Waals surface area (Å²) in [5.74, 6) is 1.61. The van der Waals surface area contributed by atoms with Crippen molar-refractivity contribution in [3.8, 4) is 0 Å². The molecule has 0 spiro atoms. The molecule has 0 atom stereocenters. The summed E-state index contributed by atoms with van der Waals surface area (Å²) in [5.41, 5.74) is 1.34. The molecule has 0 saturated carbocycles. The highest BCUT2D eigenvalue weighted by atomic mass is 16.3. The lowest BCUT2D eigenvalue weighted by molar-refractivity contribution is 0.548. The molecule has 0 aromatic carbocycles. The van der Waals surface area contributed by atoms with Gasteiger partial charge in [0, 0.05) is 0 Å². The molecule has 0 aliphatic carbocycles. The van der Waals surface area contributed by atoms with Gasteiger partial charge in [0.25, 0.3) is 0 Å². The molecule has 1 rings (SSSR count). The third kappa shape index (κ3) is 3.10. The van der Waals surface area contributed by atoms with E-state index in [2.05, 4.69) is 26.8 Å². The lowest BCUT2D eigenvalue weighted by Gasteiger charge is -2.04. The highest BCUT2D eigenvalue weighted by molar-refractivity contribution is 5.61. The molecule has 0 bridgehead atoms. The first-order chi connectivity index (χ1) is 6.24. The number of hydrogen-bond donors (Lipinski definition) is 0. The van der Waals surface area contributed by atoms with Gasteiger partial charge in [-0.25, -0.2) is 0 Å². The first-order valence-electron chi connectivity index (χ1n) is 4.98. The molecule has 0 fully saturated rings. The maximum atomic E-state index is 5.38. The molecular weight excluding hydrogens is 160 g/mol. The third-order valence-electron chi connectivity index (χ3n) is 1.89. The summed E-state index contributed by atoms with van der Waals surface area (Å²) >= 11 is 0. The van der Waals surface area contributed by atoms with E-state index in [1.807, 2.05) is 12.1 Å². The first kappa shape index (κ1) is 10.1. The number of allylic oxidation sites excluding steroid dienone is 2. The van der Waals surface area contributed by atoms with Crippen molar-refractivity contribution in [2.75, 3.05) is 0 Å². The molecule has 1 aromatic heterocycles. The van der Waals surface area contributed by atoms with Crippen molar-refractivity contribution in [3.05, 3.63) is 30.2 Å². The largest absolute Gasteiger partial charge is 0.465 e. The van der Waals surface area contributed by atoms with Gasteiger partial charge in [0.15, 0.2) is 0 Å². The summed E-state index contributed by atoms with van der Waals surface area (Å²) in [7, 11) is 0. The van der Waals surface area contributed by atoms with Crippen molar-refractivity contribution in [1.29, 1.82) is 0 Å². The zero-order valence-corrected chi connectivity index (χ0v) is 8.71. The molecule has 0 aliphatic rings. The molecule has 13 heavy (non-hydrogen) atoms. The normalized spacial score (nSPS) is 12.5. The Hall–Kier alpha value is -0.980. The summed E-state index contributed by atoms with van der Waals surface area (Å²) in [6.45, 7) is 6.58. The second-order valence-electron chi connectivity index (χ2n) is 3.66. The Bertz CT molecular complexity index is 255. The van der Waals surface area contributed by atoms with Gasteiger partial charge in [0.2, 0.25) is 0 Å². The number of rotatable bonds is 4. The molecule has 0 amide bonds. The molecule has 0 saturated heterocycles. The van der Waals surface area contributed by atoms with Crippen LogP contribution in [-0.4, -0.2) is 0 Å². The van der Waals surface area contributed by atoms with E-state index in [9.17, 15) is 0 Å². The van der Waals surface area contributed by atoms with E-state index in [1.54, 1.807) is 6.26 Å². The molecule has 1 heterocycles. The van der Waals surface area contributed by atoms with Gasteiger partial charge in [-0.2, -0.15) is 0 Å². The van der Waals surface area contributed by atoms with Gasteiger partial charge >= 0.3 is 0 Å². The van der Waals surface area contributed by atoms with E-state index < -0.39 is 0 Å². The van der Waals surface area contributed by atoms with Crippen molar-refractivity contribution in [3.63, 3.8) is 0 Å². The standard InChI is InChI=1S/C12H18O/c1-4-6-11(9-10(2)3)12-7-5-8-13-12/h5,7-10H,4,6H2,1-3H3/b11-9+. The predicted octanol–water partition coefficient (Wildman–Crippen LogP) is 4.12. The Balaban J connectivity index is 2.80. The highest BCUT2D eigenvalue weighted by Crippen LogP contribution is 2.21. The quantitative estimate of drug-likeness (QED) is 0.676. The lowest BCUT2D eigenvalue weighted by Crippen LogP contribution is -1.86. The average Bonchev–Trinajstić information content (AvgIpc) is 2.54. The minimum atomic E-state index is 0.589. The predicted molar refractivity (Wildman–Crippen MR) is 56.4 cm³/mol. The summed E-state index contributed by atoms with van der Waals surface area (Å²) in [6, 6.07) is 3.98. The van der Waals surface area contributed by atoms with Gasteiger partial charge < -0.3 is 4.42 Å². The molecule has 0 unspecified atom stereocenters. The Kier molecular flexibility index (Phi) is 3.81. The first-order valence-corrected chi connectivity index (χ1v) is 4.98. The average molecular weight is 178 g/mol.